The van der Waals surface area contributed by atoms with Crippen LogP contribution in [0.25, 0.3) is 0 Å². The zero-order valence-corrected chi connectivity index (χ0v) is 14.3. The zero-order valence-electron chi connectivity index (χ0n) is 12.8. The first-order valence-corrected chi connectivity index (χ1v) is 8.50. The van der Waals surface area contributed by atoms with Crippen molar-refractivity contribution in [2.24, 2.45) is 5.92 Å². The number of aryl methyl sites for hydroxylation is 2. The molecule has 120 valence electrons. The summed E-state index contributed by atoms with van der Waals surface area (Å²) in [6.07, 6.45) is 1.85. The van der Waals surface area contributed by atoms with Crippen LogP contribution in [-0.2, 0) is 4.79 Å². The molecule has 0 radical (unpaired) electrons. The summed E-state index contributed by atoms with van der Waals surface area (Å²) in [5, 5.41) is 6.54. The number of carbonyl (C=O) groups is 2. The van der Waals surface area contributed by atoms with Gasteiger partial charge in [0.1, 0.15) is 4.88 Å². The number of aromatic nitrogens is 1. The van der Waals surface area contributed by atoms with Gasteiger partial charge in [-0.2, -0.15) is 0 Å². The van der Waals surface area contributed by atoms with Gasteiger partial charge in [-0.3, -0.25) is 9.59 Å². The van der Waals surface area contributed by atoms with Crippen LogP contribution >= 0.6 is 22.9 Å². The van der Waals surface area contributed by atoms with Gasteiger partial charge in [-0.15, -0.1) is 0 Å². The summed E-state index contributed by atoms with van der Waals surface area (Å²) in [5.74, 6) is -0.196. The number of thiazole rings is 1. The number of nitrogens with zero attached hydrogens (tertiary/aromatic N) is 1. The Kier molecular flexibility index (Phi) is 4.37. The Bertz CT molecular complexity index is 763. The number of hydrogen-bond donors (Lipinski definition) is 2. The van der Waals surface area contributed by atoms with E-state index in [2.05, 4.69) is 15.6 Å². The van der Waals surface area contributed by atoms with E-state index in [0.717, 1.165) is 18.4 Å². The van der Waals surface area contributed by atoms with E-state index in [-0.39, 0.29) is 17.7 Å². The normalized spacial score (nSPS) is 13.7. The van der Waals surface area contributed by atoms with Gasteiger partial charge in [-0.05, 0) is 38.3 Å². The van der Waals surface area contributed by atoms with Crippen LogP contribution in [0.4, 0.5) is 10.8 Å². The lowest BCUT2D eigenvalue weighted by Gasteiger charge is -2.09. The van der Waals surface area contributed by atoms with Gasteiger partial charge in [0.2, 0.25) is 5.91 Å². The number of halogens is 1. The van der Waals surface area contributed by atoms with Crippen molar-refractivity contribution in [2.45, 2.75) is 26.7 Å². The van der Waals surface area contributed by atoms with Crippen LogP contribution in [0.3, 0.4) is 0 Å². The monoisotopic (exact) mass is 349 g/mol. The van der Waals surface area contributed by atoms with Crippen LogP contribution < -0.4 is 10.6 Å². The molecule has 3 rings (SSSR count). The largest absolute Gasteiger partial charge is 0.320 e. The Hall–Kier alpha value is -1.92. The van der Waals surface area contributed by atoms with Gasteiger partial charge in [-0.25, -0.2) is 4.98 Å². The Balaban J connectivity index is 1.77. The molecule has 2 aromatic rings. The Morgan fingerprint density at radius 2 is 2.00 bits per heavy atom. The van der Waals surface area contributed by atoms with E-state index in [1.165, 1.54) is 11.3 Å². The van der Waals surface area contributed by atoms with E-state index in [0.29, 0.717) is 26.4 Å². The van der Waals surface area contributed by atoms with Crippen LogP contribution in [0.2, 0.25) is 5.02 Å². The summed E-state index contributed by atoms with van der Waals surface area (Å²) in [4.78, 5) is 29.0. The molecule has 0 atom stereocenters. The van der Waals surface area contributed by atoms with E-state index >= 15 is 0 Å². The second kappa shape index (κ2) is 6.29. The highest BCUT2D eigenvalue weighted by Gasteiger charge is 2.30. The second-order valence-corrected chi connectivity index (χ2v) is 6.99. The summed E-state index contributed by atoms with van der Waals surface area (Å²) in [7, 11) is 0. The molecule has 1 heterocycles. The van der Waals surface area contributed by atoms with Crippen molar-refractivity contribution in [3.05, 3.63) is 39.4 Å². The first kappa shape index (κ1) is 16.0. The number of anilines is 2. The van der Waals surface area contributed by atoms with Crippen LogP contribution in [0.15, 0.2) is 18.2 Å². The fourth-order valence-corrected chi connectivity index (χ4v) is 3.31. The predicted octanol–water partition coefficient (Wildman–Crippen LogP) is 4.01. The van der Waals surface area contributed by atoms with Gasteiger partial charge in [0.25, 0.3) is 5.91 Å². The van der Waals surface area contributed by atoms with E-state index in [9.17, 15) is 9.59 Å². The zero-order chi connectivity index (χ0) is 16.6. The lowest BCUT2D eigenvalue weighted by molar-refractivity contribution is -0.117. The number of hydrogen-bond acceptors (Lipinski definition) is 4. The topological polar surface area (TPSA) is 71.1 Å². The molecule has 1 aliphatic rings. The third-order valence-electron chi connectivity index (χ3n) is 3.64. The molecule has 23 heavy (non-hydrogen) atoms. The Morgan fingerprint density at radius 1 is 1.26 bits per heavy atom. The molecule has 1 aliphatic carbocycles. The molecular formula is C16H16ClN3O2S. The summed E-state index contributed by atoms with van der Waals surface area (Å²) in [5.41, 5.74) is 2.06. The minimum atomic E-state index is -0.275. The number of para-hydroxylation sites is 1. The molecule has 1 aromatic carbocycles. The minimum absolute atomic E-state index is 0.0207. The molecule has 1 saturated carbocycles. The van der Waals surface area contributed by atoms with Crippen LogP contribution in [0, 0.1) is 19.8 Å². The third kappa shape index (κ3) is 3.54. The van der Waals surface area contributed by atoms with Crippen molar-refractivity contribution in [1.82, 2.24) is 4.98 Å². The maximum Gasteiger partial charge on any atom is 0.267 e. The number of benzene rings is 1. The van der Waals surface area contributed by atoms with Gasteiger partial charge in [0.05, 0.1) is 16.4 Å². The molecule has 0 unspecified atom stereocenters. The van der Waals surface area contributed by atoms with Crippen LogP contribution in [-0.4, -0.2) is 16.8 Å². The van der Waals surface area contributed by atoms with Crippen molar-refractivity contribution >= 4 is 45.6 Å². The highest BCUT2D eigenvalue weighted by atomic mass is 35.5. The van der Waals surface area contributed by atoms with E-state index in [1.807, 2.05) is 19.1 Å². The maximum atomic E-state index is 12.5. The molecule has 1 fully saturated rings. The molecule has 5 nitrogen and oxygen atoms in total. The van der Waals surface area contributed by atoms with Gasteiger partial charge in [0, 0.05) is 5.92 Å². The Morgan fingerprint density at radius 3 is 2.65 bits per heavy atom. The van der Waals surface area contributed by atoms with Crippen molar-refractivity contribution in [3.63, 3.8) is 0 Å². The minimum Gasteiger partial charge on any atom is -0.320 e. The second-order valence-electron chi connectivity index (χ2n) is 5.58. The fourth-order valence-electron chi connectivity index (χ4n) is 2.17. The molecular weight excluding hydrogens is 334 g/mol. The quantitative estimate of drug-likeness (QED) is 0.875. The van der Waals surface area contributed by atoms with Crippen molar-refractivity contribution in [1.29, 1.82) is 0 Å². The molecule has 0 aliphatic heterocycles. The highest BCUT2D eigenvalue weighted by molar-refractivity contribution is 7.17. The van der Waals surface area contributed by atoms with Crippen molar-refractivity contribution < 1.29 is 9.59 Å². The summed E-state index contributed by atoms with van der Waals surface area (Å²) in [6, 6.07) is 5.43. The number of nitrogens with one attached hydrogen (secondary N) is 2. The molecule has 0 bridgehead atoms. The molecule has 0 saturated heterocycles. The fraction of sp³-hybridized carbons (Fsp3) is 0.312. The molecule has 0 spiro atoms. The third-order valence-corrected chi connectivity index (χ3v) is 5.03. The van der Waals surface area contributed by atoms with E-state index < -0.39 is 0 Å². The van der Waals surface area contributed by atoms with E-state index in [4.69, 9.17) is 11.6 Å². The highest BCUT2D eigenvalue weighted by Crippen LogP contribution is 2.32. The molecule has 2 amide bonds. The van der Waals surface area contributed by atoms with Gasteiger partial charge in [0.15, 0.2) is 5.13 Å². The summed E-state index contributed by atoms with van der Waals surface area (Å²) >= 11 is 7.31. The average molecular weight is 350 g/mol. The van der Waals surface area contributed by atoms with Crippen LogP contribution in [0.1, 0.15) is 33.8 Å². The number of rotatable bonds is 4. The number of carbonyl (C=O) groups excluding carboxylic acids is 2. The maximum absolute atomic E-state index is 12.5. The summed E-state index contributed by atoms with van der Waals surface area (Å²) < 4.78 is 0. The van der Waals surface area contributed by atoms with Crippen molar-refractivity contribution in [3.8, 4) is 0 Å². The smallest absolute Gasteiger partial charge is 0.267 e. The average Bonchev–Trinajstić information content (AvgIpc) is 3.27. The first-order valence-electron chi connectivity index (χ1n) is 7.30. The molecule has 7 heteroatoms. The standard InChI is InChI=1S/C16H16ClN3O2S/c1-8-4-3-5-11(17)12(8)19-15(22)13-9(2)18-16(23-13)20-14(21)10-6-7-10/h3-5,10H,6-7H2,1-2H3,(H,19,22)(H,18,20,21). The van der Waals surface area contributed by atoms with Crippen LogP contribution in [0.5, 0.6) is 0 Å². The summed E-state index contributed by atoms with van der Waals surface area (Å²) in [6.45, 7) is 3.62. The Labute approximate surface area is 143 Å². The lowest BCUT2D eigenvalue weighted by Crippen LogP contribution is -2.13. The SMILES string of the molecule is Cc1cccc(Cl)c1NC(=O)c1sc(NC(=O)C2CC2)nc1C. The van der Waals surface area contributed by atoms with Crippen molar-refractivity contribution in [2.75, 3.05) is 10.6 Å². The first-order chi connectivity index (χ1) is 11.0. The predicted molar refractivity (Wildman–Crippen MR) is 92.3 cm³/mol. The van der Waals surface area contributed by atoms with Gasteiger partial charge >= 0.3 is 0 Å². The van der Waals surface area contributed by atoms with Gasteiger partial charge in [-0.1, -0.05) is 35.1 Å². The molecule has 1 aromatic heterocycles. The molecule has 2 N–H and O–H groups in total. The van der Waals surface area contributed by atoms with E-state index in [1.54, 1.807) is 13.0 Å². The lowest BCUT2D eigenvalue weighted by atomic mass is 10.2. The number of amides is 2. The van der Waals surface area contributed by atoms with Gasteiger partial charge < -0.3 is 10.6 Å².